The molecule has 3 rings (SSSR count). The molecule has 120 valence electrons. The van der Waals surface area contributed by atoms with Crippen molar-refractivity contribution in [1.82, 2.24) is 9.38 Å². The van der Waals surface area contributed by atoms with Gasteiger partial charge in [0, 0.05) is 22.0 Å². The second kappa shape index (κ2) is 5.98. The van der Waals surface area contributed by atoms with Crippen molar-refractivity contribution in [3.63, 3.8) is 0 Å². The maximum atomic E-state index is 11.5. The van der Waals surface area contributed by atoms with Gasteiger partial charge >= 0.3 is 5.97 Å². The number of hydrogen-bond donors (Lipinski definition) is 1. The highest BCUT2D eigenvalue weighted by atomic mass is 35.5. The van der Waals surface area contributed by atoms with Crippen LogP contribution >= 0.6 is 22.9 Å². The lowest BCUT2D eigenvalue weighted by Gasteiger charge is -2.05. The average Bonchev–Trinajstić information content (AvgIpc) is 3.01. The molecule has 0 unspecified atom stereocenters. The number of aromatic nitrogens is 2. The highest BCUT2D eigenvalue weighted by molar-refractivity contribution is 7.19. The molecule has 0 aliphatic rings. The van der Waals surface area contributed by atoms with Crippen molar-refractivity contribution in [2.45, 2.75) is 33.6 Å². The van der Waals surface area contributed by atoms with E-state index in [9.17, 15) is 9.90 Å². The Morgan fingerprint density at radius 1 is 1.39 bits per heavy atom. The van der Waals surface area contributed by atoms with Crippen LogP contribution in [-0.2, 0) is 6.42 Å². The molecule has 0 saturated carbocycles. The normalized spacial score (nSPS) is 11.3. The van der Waals surface area contributed by atoms with E-state index in [1.807, 2.05) is 43.4 Å². The van der Waals surface area contributed by atoms with Crippen LogP contribution in [-0.4, -0.2) is 20.5 Å². The summed E-state index contributed by atoms with van der Waals surface area (Å²) in [5, 5.41) is 10.1. The van der Waals surface area contributed by atoms with Crippen molar-refractivity contribution in [2.75, 3.05) is 0 Å². The maximum Gasteiger partial charge on any atom is 0.347 e. The van der Waals surface area contributed by atoms with Gasteiger partial charge in [0.1, 0.15) is 4.88 Å². The van der Waals surface area contributed by atoms with Gasteiger partial charge in [-0.25, -0.2) is 9.78 Å². The minimum absolute atomic E-state index is 0.385. The number of fused-ring (bicyclic) bond motifs is 1. The van der Waals surface area contributed by atoms with Gasteiger partial charge < -0.3 is 5.11 Å². The number of carboxylic acid groups (broad SMARTS) is 1. The van der Waals surface area contributed by atoms with Crippen LogP contribution in [0.5, 0.6) is 0 Å². The first-order chi connectivity index (χ1) is 10.9. The Kier molecular flexibility index (Phi) is 4.17. The summed E-state index contributed by atoms with van der Waals surface area (Å²) in [6.45, 7) is 5.99. The van der Waals surface area contributed by atoms with Crippen LogP contribution < -0.4 is 0 Å². The summed E-state index contributed by atoms with van der Waals surface area (Å²) in [6.07, 6.45) is 1.61. The van der Waals surface area contributed by atoms with Gasteiger partial charge in [-0.2, -0.15) is 0 Å². The molecule has 0 fully saturated rings. The third-order valence-electron chi connectivity index (χ3n) is 3.91. The fourth-order valence-electron chi connectivity index (χ4n) is 2.81. The van der Waals surface area contributed by atoms with Crippen molar-refractivity contribution in [3.05, 3.63) is 45.1 Å². The summed E-state index contributed by atoms with van der Waals surface area (Å²) in [5.74, 6) is -0.882. The largest absolute Gasteiger partial charge is 0.477 e. The van der Waals surface area contributed by atoms with Crippen molar-refractivity contribution in [1.29, 1.82) is 0 Å². The van der Waals surface area contributed by atoms with Crippen molar-refractivity contribution in [3.8, 4) is 11.3 Å². The Balaban J connectivity index is 2.23. The highest BCUT2D eigenvalue weighted by Gasteiger charge is 2.22. The molecule has 1 aromatic carbocycles. The minimum Gasteiger partial charge on any atom is -0.477 e. The standard InChI is InChI=1S/C17H17ClN2O2S/c1-4-5-13-15(16(21)22)23-17-19-14(10(3)20(13)17)11-6-7-12(18)9(2)8-11/h6-8H,4-5H2,1-3H3,(H,21,22). The van der Waals surface area contributed by atoms with E-state index in [-0.39, 0.29) is 0 Å². The molecule has 2 heterocycles. The summed E-state index contributed by atoms with van der Waals surface area (Å²) in [7, 11) is 0. The van der Waals surface area contributed by atoms with Crippen LogP contribution in [0.15, 0.2) is 18.2 Å². The van der Waals surface area contributed by atoms with Crippen LogP contribution in [0.25, 0.3) is 16.2 Å². The van der Waals surface area contributed by atoms with Gasteiger partial charge in [-0.05, 0) is 38.0 Å². The summed E-state index contributed by atoms with van der Waals surface area (Å²) < 4.78 is 1.98. The number of carbonyl (C=O) groups is 1. The number of imidazole rings is 1. The predicted octanol–water partition coefficient (Wildman–Crippen LogP) is 4.98. The lowest BCUT2D eigenvalue weighted by Crippen LogP contribution is -2.02. The number of aryl methyl sites for hydroxylation is 3. The molecule has 0 aliphatic heterocycles. The fourth-order valence-corrected chi connectivity index (χ4v) is 3.98. The maximum absolute atomic E-state index is 11.5. The van der Waals surface area contributed by atoms with Gasteiger partial charge in [-0.1, -0.05) is 42.3 Å². The lowest BCUT2D eigenvalue weighted by molar-refractivity contribution is 0.0700. The minimum atomic E-state index is -0.882. The van der Waals surface area contributed by atoms with Crippen LogP contribution in [0.4, 0.5) is 0 Å². The van der Waals surface area contributed by atoms with E-state index in [2.05, 4.69) is 4.98 Å². The Labute approximate surface area is 143 Å². The van der Waals surface area contributed by atoms with E-state index in [1.165, 1.54) is 11.3 Å². The Morgan fingerprint density at radius 2 is 2.13 bits per heavy atom. The molecule has 2 aromatic heterocycles. The van der Waals surface area contributed by atoms with Crippen molar-refractivity contribution < 1.29 is 9.90 Å². The molecular weight excluding hydrogens is 332 g/mol. The molecule has 0 radical (unpaired) electrons. The Hall–Kier alpha value is -1.85. The number of thiazole rings is 1. The summed E-state index contributed by atoms with van der Waals surface area (Å²) in [4.78, 5) is 17.3. The number of benzene rings is 1. The molecule has 0 saturated heterocycles. The van der Waals surface area contributed by atoms with Crippen LogP contribution in [0, 0.1) is 13.8 Å². The number of aromatic carboxylic acids is 1. The van der Waals surface area contributed by atoms with Crippen LogP contribution in [0.3, 0.4) is 0 Å². The quantitative estimate of drug-likeness (QED) is 0.723. The summed E-state index contributed by atoms with van der Waals surface area (Å²) in [5.41, 5.74) is 4.68. The van der Waals surface area contributed by atoms with Gasteiger partial charge in [-0.15, -0.1) is 0 Å². The topological polar surface area (TPSA) is 54.6 Å². The molecule has 23 heavy (non-hydrogen) atoms. The highest BCUT2D eigenvalue weighted by Crippen LogP contribution is 2.32. The van der Waals surface area contributed by atoms with Gasteiger partial charge in [-0.3, -0.25) is 4.40 Å². The third-order valence-corrected chi connectivity index (χ3v) is 5.41. The van der Waals surface area contributed by atoms with Gasteiger partial charge in [0.25, 0.3) is 0 Å². The predicted molar refractivity (Wildman–Crippen MR) is 93.9 cm³/mol. The molecule has 6 heteroatoms. The molecule has 0 amide bonds. The van der Waals surface area contributed by atoms with Gasteiger partial charge in [0.05, 0.1) is 5.69 Å². The number of nitrogens with zero attached hydrogens (tertiary/aromatic N) is 2. The van der Waals surface area contributed by atoms with E-state index in [0.29, 0.717) is 4.88 Å². The van der Waals surface area contributed by atoms with E-state index in [4.69, 9.17) is 11.6 Å². The molecular formula is C17H17ClN2O2S. The number of hydrogen-bond acceptors (Lipinski definition) is 3. The molecule has 0 aliphatic carbocycles. The average molecular weight is 349 g/mol. The first kappa shape index (κ1) is 16.0. The molecule has 0 bridgehead atoms. The first-order valence-corrected chi connectivity index (χ1v) is 8.64. The molecule has 1 N–H and O–H groups in total. The second-order valence-electron chi connectivity index (χ2n) is 5.56. The van der Waals surface area contributed by atoms with Gasteiger partial charge in [0.15, 0.2) is 4.96 Å². The first-order valence-electron chi connectivity index (χ1n) is 7.44. The summed E-state index contributed by atoms with van der Waals surface area (Å²) >= 11 is 7.33. The Morgan fingerprint density at radius 3 is 2.74 bits per heavy atom. The number of carboxylic acids is 1. The zero-order valence-corrected chi connectivity index (χ0v) is 14.8. The van der Waals surface area contributed by atoms with E-state index in [1.54, 1.807) is 0 Å². The summed E-state index contributed by atoms with van der Waals surface area (Å²) in [6, 6.07) is 5.83. The molecule has 0 spiro atoms. The zero-order chi connectivity index (χ0) is 16.7. The van der Waals surface area contributed by atoms with E-state index < -0.39 is 5.97 Å². The third kappa shape index (κ3) is 2.64. The second-order valence-corrected chi connectivity index (χ2v) is 6.95. The van der Waals surface area contributed by atoms with Crippen LogP contribution in [0.1, 0.15) is 40.0 Å². The molecule has 3 aromatic rings. The fraction of sp³-hybridized carbons (Fsp3) is 0.294. The Bertz CT molecular complexity index is 911. The molecule has 0 atom stereocenters. The van der Waals surface area contributed by atoms with Crippen molar-refractivity contribution in [2.24, 2.45) is 0 Å². The monoisotopic (exact) mass is 348 g/mol. The van der Waals surface area contributed by atoms with Gasteiger partial charge in [0.2, 0.25) is 0 Å². The zero-order valence-electron chi connectivity index (χ0n) is 13.2. The number of halogens is 1. The van der Waals surface area contributed by atoms with Crippen molar-refractivity contribution >= 4 is 33.9 Å². The van der Waals surface area contributed by atoms with Crippen LogP contribution in [0.2, 0.25) is 5.02 Å². The SMILES string of the molecule is CCCc1c(C(=O)O)sc2nc(-c3ccc(Cl)c(C)c3)c(C)n12. The number of rotatable bonds is 4. The van der Waals surface area contributed by atoms with E-state index in [0.717, 1.165) is 51.0 Å². The van der Waals surface area contributed by atoms with E-state index >= 15 is 0 Å². The molecule has 4 nitrogen and oxygen atoms in total. The lowest BCUT2D eigenvalue weighted by atomic mass is 10.1. The smallest absolute Gasteiger partial charge is 0.347 e.